The second-order valence-electron chi connectivity index (χ2n) is 3.84. The summed E-state index contributed by atoms with van der Waals surface area (Å²) in [4.78, 5) is 0. The van der Waals surface area contributed by atoms with E-state index in [1.54, 1.807) is 0 Å². The zero-order valence-electron chi connectivity index (χ0n) is 9.37. The molecule has 0 saturated heterocycles. The molecule has 0 aliphatic carbocycles. The minimum Gasteiger partial charge on any atom is -0.215 e. The fraction of sp³-hybridized carbons (Fsp3) is 0.455. The summed E-state index contributed by atoms with van der Waals surface area (Å²) in [5.41, 5.74) is 3.66. The third-order valence-corrected chi connectivity index (χ3v) is 3.08. The molecule has 0 heterocycles. The van der Waals surface area contributed by atoms with Gasteiger partial charge in [-0.05, 0) is 37.0 Å². The number of sulfonamides is 1. The van der Waals surface area contributed by atoms with E-state index in [-0.39, 0.29) is 0 Å². The van der Waals surface area contributed by atoms with Crippen LogP contribution in [0.4, 0.5) is 0 Å². The van der Waals surface area contributed by atoms with Crippen molar-refractivity contribution in [2.45, 2.75) is 20.3 Å². The maximum Gasteiger partial charge on any atom is 0.208 e. The van der Waals surface area contributed by atoms with Gasteiger partial charge in [0.15, 0.2) is 0 Å². The molecule has 1 aromatic rings. The highest BCUT2D eigenvalue weighted by molar-refractivity contribution is 7.88. The maximum absolute atomic E-state index is 10.8. The van der Waals surface area contributed by atoms with Crippen molar-refractivity contribution in [3.63, 3.8) is 0 Å². The molecule has 0 saturated carbocycles. The van der Waals surface area contributed by atoms with Gasteiger partial charge in [-0.3, -0.25) is 0 Å². The summed E-state index contributed by atoms with van der Waals surface area (Å²) in [6, 6.07) is 6.19. The van der Waals surface area contributed by atoms with Gasteiger partial charge in [0, 0.05) is 6.54 Å². The van der Waals surface area contributed by atoms with Crippen molar-refractivity contribution in [3.05, 3.63) is 34.9 Å². The van der Waals surface area contributed by atoms with Crippen molar-refractivity contribution in [2.75, 3.05) is 12.8 Å². The first kappa shape index (κ1) is 12.2. The third kappa shape index (κ3) is 4.44. The SMILES string of the molecule is Cc1ccc(CCNS(C)(=O)=O)cc1C. The highest BCUT2D eigenvalue weighted by atomic mass is 32.2. The van der Waals surface area contributed by atoms with E-state index >= 15 is 0 Å². The Hall–Kier alpha value is -0.870. The number of hydrogen-bond donors (Lipinski definition) is 1. The molecule has 1 rings (SSSR count). The number of benzene rings is 1. The van der Waals surface area contributed by atoms with Crippen molar-refractivity contribution in [1.82, 2.24) is 4.72 Å². The van der Waals surface area contributed by atoms with Gasteiger partial charge >= 0.3 is 0 Å². The molecule has 0 aliphatic heterocycles. The summed E-state index contributed by atoms with van der Waals surface area (Å²) in [7, 11) is -3.06. The number of rotatable bonds is 4. The van der Waals surface area contributed by atoms with E-state index in [0.717, 1.165) is 12.0 Å². The fourth-order valence-electron chi connectivity index (χ4n) is 1.34. The molecule has 0 fully saturated rings. The highest BCUT2D eigenvalue weighted by Gasteiger charge is 2.00. The van der Waals surface area contributed by atoms with Crippen LogP contribution in [0.5, 0.6) is 0 Å². The Morgan fingerprint density at radius 1 is 1.20 bits per heavy atom. The minimum absolute atomic E-state index is 0.460. The standard InChI is InChI=1S/C11H17NO2S/c1-9-4-5-11(8-10(9)2)6-7-12-15(3,13)14/h4-5,8,12H,6-7H2,1-3H3. The molecule has 3 nitrogen and oxygen atoms in total. The van der Waals surface area contributed by atoms with Gasteiger partial charge in [-0.1, -0.05) is 18.2 Å². The molecule has 0 unspecified atom stereocenters. The van der Waals surface area contributed by atoms with Crippen LogP contribution in [0.25, 0.3) is 0 Å². The van der Waals surface area contributed by atoms with Gasteiger partial charge in [0.1, 0.15) is 0 Å². The van der Waals surface area contributed by atoms with Crippen molar-refractivity contribution in [3.8, 4) is 0 Å². The molecular weight excluding hydrogens is 210 g/mol. The fourth-order valence-corrected chi connectivity index (χ4v) is 1.81. The first-order chi connectivity index (χ1) is 6.88. The Morgan fingerprint density at radius 2 is 1.87 bits per heavy atom. The Balaban J connectivity index is 2.55. The van der Waals surface area contributed by atoms with Gasteiger partial charge in [-0.15, -0.1) is 0 Å². The number of aryl methyl sites for hydroxylation is 2. The van der Waals surface area contributed by atoms with E-state index < -0.39 is 10.0 Å². The van der Waals surface area contributed by atoms with Crippen molar-refractivity contribution in [2.24, 2.45) is 0 Å². The summed E-state index contributed by atoms with van der Waals surface area (Å²) in [6.07, 6.45) is 1.90. The smallest absolute Gasteiger partial charge is 0.208 e. The summed E-state index contributed by atoms with van der Waals surface area (Å²) < 4.78 is 24.1. The van der Waals surface area contributed by atoms with Crippen LogP contribution in [0.1, 0.15) is 16.7 Å². The van der Waals surface area contributed by atoms with Crippen molar-refractivity contribution in [1.29, 1.82) is 0 Å². The van der Waals surface area contributed by atoms with Gasteiger partial charge in [0.05, 0.1) is 6.26 Å². The summed E-state index contributed by atoms with van der Waals surface area (Å²) in [6.45, 7) is 4.58. The predicted octanol–water partition coefficient (Wildman–Crippen LogP) is 1.40. The predicted molar refractivity (Wildman–Crippen MR) is 62.5 cm³/mol. The van der Waals surface area contributed by atoms with Crippen LogP contribution in [-0.4, -0.2) is 21.2 Å². The van der Waals surface area contributed by atoms with Crippen LogP contribution in [0.2, 0.25) is 0 Å². The van der Waals surface area contributed by atoms with Crippen LogP contribution < -0.4 is 4.72 Å². The van der Waals surface area contributed by atoms with Crippen LogP contribution in [0.15, 0.2) is 18.2 Å². The normalized spacial score (nSPS) is 11.7. The molecular formula is C11H17NO2S. The zero-order valence-corrected chi connectivity index (χ0v) is 10.2. The van der Waals surface area contributed by atoms with E-state index in [4.69, 9.17) is 0 Å². The average Bonchev–Trinajstić information content (AvgIpc) is 2.09. The molecule has 15 heavy (non-hydrogen) atoms. The first-order valence-corrected chi connectivity index (χ1v) is 6.78. The molecule has 0 aliphatic rings. The largest absolute Gasteiger partial charge is 0.215 e. The number of nitrogens with one attached hydrogen (secondary N) is 1. The molecule has 84 valence electrons. The lowest BCUT2D eigenvalue weighted by atomic mass is 10.0. The second-order valence-corrected chi connectivity index (χ2v) is 5.67. The molecule has 4 heteroatoms. The lowest BCUT2D eigenvalue weighted by Crippen LogP contribution is -2.24. The molecule has 0 spiro atoms. The van der Waals surface area contributed by atoms with Gasteiger partial charge in [-0.25, -0.2) is 13.1 Å². The van der Waals surface area contributed by atoms with Crippen LogP contribution >= 0.6 is 0 Å². The Morgan fingerprint density at radius 3 is 2.40 bits per heavy atom. The third-order valence-electron chi connectivity index (χ3n) is 2.35. The zero-order chi connectivity index (χ0) is 11.5. The molecule has 0 radical (unpaired) electrons. The number of hydrogen-bond acceptors (Lipinski definition) is 2. The molecule has 0 bridgehead atoms. The van der Waals surface area contributed by atoms with Gasteiger partial charge in [-0.2, -0.15) is 0 Å². The second kappa shape index (κ2) is 4.77. The Bertz CT molecular complexity index is 438. The van der Waals surface area contributed by atoms with E-state index in [1.165, 1.54) is 17.4 Å². The minimum atomic E-state index is -3.06. The first-order valence-electron chi connectivity index (χ1n) is 4.89. The molecule has 0 aromatic heterocycles. The van der Waals surface area contributed by atoms with E-state index in [9.17, 15) is 8.42 Å². The van der Waals surface area contributed by atoms with E-state index in [2.05, 4.69) is 30.7 Å². The lowest BCUT2D eigenvalue weighted by Gasteiger charge is -2.05. The van der Waals surface area contributed by atoms with Crippen LogP contribution in [-0.2, 0) is 16.4 Å². The Kier molecular flexibility index (Phi) is 3.88. The summed E-state index contributed by atoms with van der Waals surface area (Å²) in [5.74, 6) is 0. The van der Waals surface area contributed by atoms with Crippen LogP contribution in [0, 0.1) is 13.8 Å². The van der Waals surface area contributed by atoms with E-state index in [1.807, 2.05) is 6.07 Å². The maximum atomic E-state index is 10.8. The van der Waals surface area contributed by atoms with Gasteiger partial charge in [0.2, 0.25) is 10.0 Å². The van der Waals surface area contributed by atoms with Crippen molar-refractivity contribution >= 4 is 10.0 Å². The summed E-state index contributed by atoms with van der Waals surface area (Å²) in [5, 5.41) is 0. The van der Waals surface area contributed by atoms with Crippen LogP contribution in [0.3, 0.4) is 0 Å². The quantitative estimate of drug-likeness (QED) is 0.845. The van der Waals surface area contributed by atoms with Crippen molar-refractivity contribution < 1.29 is 8.42 Å². The monoisotopic (exact) mass is 227 g/mol. The molecule has 0 atom stereocenters. The Labute approximate surface area is 91.6 Å². The highest BCUT2D eigenvalue weighted by Crippen LogP contribution is 2.09. The molecule has 1 aromatic carbocycles. The molecule has 0 amide bonds. The van der Waals surface area contributed by atoms with Gasteiger partial charge in [0.25, 0.3) is 0 Å². The van der Waals surface area contributed by atoms with E-state index in [0.29, 0.717) is 6.54 Å². The average molecular weight is 227 g/mol. The lowest BCUT2D eigenvalue weighted by molar-refractivity contribution is 0.588. The van der Waals surface area contributed by atoms with Gasteiger partial charge < -0.3 is 0 Å². The summed E-state index contributed by atoms with van der Waals surface area (Å²) >= 11 is 0. The topological polar surface area (TPSA) is 46.2 Å². The molecule has 1 N–H and O–H groups in total.